The molecular weight excluding hydrogens is 332 g/mol. The molecule has 4 rings (SSSR count). The van der Waals surface area contributed by atoms with Crippen LogP contribution in [-0.2, 0) is 10.2 Å². The second-order valence-corrected chi connectivity index (χ2v) is 6.73. The number of rotatable bonds is 4. The Morgan fingerprint density at radius 1 is 1.08 bits per heavy atom. The van der Waals surface area contributed by atoms with Gasteiger partial charge in [0.15, 0.2) is 11.5 Å². The first-order valence-electron chi connectivity index (χ1n) is 8.79. The summed E-state index contributed by atoms with van der Waals surface area (Å²) in [6.07, 6.45) is 1.66. The fourth-order valence-electron chi connectivity index (χ4n) is 3.60. The Balaban J connectivity index is 1.57. The van der Waals surface area contributed by atoms with Gasteiger partial charge in [0.1, 0.15) is 0 Å². The standard InChI is InChI=1S/C20H22N2O4/c21-16-4-2-1-3-15(16)19(23)22-12-20(7-9-24-10-8-20)14-5-6-17-18(11-14)26-13-25-17/h1-6,11H,7-10,12-13,21H2,(H,22,23). The third kappa shape index (κ3) is 3.08. The molecule has 0 spiro atoms. The highest BCUT2D eigenvalue weighted by Crippen LogP contribution is 2.40. The monoisotopic (exact) mass is 354 g/mol. The molecule has 0 unspecified atom stereocenters. The van der Waals surface area contributed by atoms with Crippen LogP contribution in [0.3, 0.4) is 0 Å². The topological polar surface area (TPSA) is 82.8 Å². The quantitative estimate of drug-likeness (QED) is 0.824. The Morgan fingerprint density at radius 2 is 1.85 bits per heavy atom. The third-order valence-electron chi connectivity index (χ3n) is 5.23. The van der Waals surface area contributed by atoms with Crippen LogP contribution in [0, 0.1) is 0 Å². The summed E-state index contributed by atoms with van der Waals surface area (Å²) < 4.78 is 16.5. The molecule has 3 N–H and O–H groups in total. The molecule has 1 amide bonds. The summed E-state index contributed by atoms with van der Waals surface area (Å²) in [5.41, 5.74) is 7.84. The summed E-state index contributed by atoms with van der Waals surface area (Å²) in [7, 11) is 0. The van der Waals surface area contributed by atoms with E-state index in [4.69, 9.17) is 19.9 Å². The number of carbonyl (C=O) groups is 1. The van der Waals surface area contributed by atoms with Crippen molar-refractivity contribution < 1.29 is 19.0 Å². The van der Waals surface area contributed by atoms with Gasteiger partial charge in [-0.25, -0.2) is 0 Å². The molecular formula is C20H22N2O4. The van der Waals surface area contributed by atoms with Gasteiger partial charge in [-0.15, -0.1) is 0 Å². The molecule has 0 atom stereocenters. The first-order valence-corrected chi connectivity index (χ1v) is 8.79. The molecule has 2 aliphatic rings. The Kier molecular flexibility index (Phi) is 4.42. The Labute approximate surface area is 152 Å². The van der Waals surface area contributed by atoms with E-state index in [0.29, 0.717) is 31.0 Å². The fourth-order valence-corrected chi connectivity index (χ4v) is 3.60. The van der Waals surface area contributed by atoms with E-state index in [2.05, 4.69) is 11.4 Å². The molecule has 2 aromatic carbocycles. The number of ether oxygens (including phenoxy) is 3. The molecule has 0 bridgehead atoms. The number of carbonyl (C=O) groups excluding carboxylic acids is 1. The number of para-hydroxylation sites is 1. The van der Waals surface area contributed by atoms with Gasteiger partial charge in [0.25, 0.3) is 5.91 Å². The summed E-state index contributed by atoms with van der Waals surface area (Å²) in [4.78, 5) is 12.6. The van der Waals surface area contributed by atoms with Crippen LogP contribution >= 0.6 is 0 Å². The van der Waals surface area contributed by atoms with E-state index in [1.54, 1.807) is 12.1 Å². The van der Waals surface area contributed by atoms with Crippen LogP contribution < -0.4 is 20.5 Å². The lowest BCUT2D eigenvalue weighted by Crippen LogP contribution is -2.44. The van der Waals surface area contributed by atoms with Crippen molar-refractivity contribution in [2.24, 2.45) is 0 Å². The molecule has 26 heavy (non-hydrogen) atoms. The van der Waals surface area contributed by atoms with E-state index in [1.165, 1.54) is 0 Å². The fraction of sp³-hybridized carbons (Fsp3) is 0.350. The Morgan fingerprint density at radius 3 is 2.65 bits per heavy atom. The number of nitrogens with one attached hydrogen (secondary N) is 1. The Bertz CT molecular complexity index is 815. The van der Waals surface area contributed by atoms with Gasteiger partial charge < -0.3 is 25.3 Å². The van der Waals surface area contributed by atoms with Gasteiger partial charge in [-0.1, -0.05) is 18.2 Å². The van der Waals surface area contributed by atoms with Crippen LogP contribution in [-0.4, -0.2) is 32.5 Å². The zero-order valence-corrected chi connectivity index (χ0v) is 14.5. The number of nitrogen functional groups attached to an aromatic ring is 1. The zero-order chi connectivity index (χ0) is 18.0. The minimum atomic E-state index is -0.196. The number of nitrogens with two attached hydrogens (primary N) is 1. The van der Waals surface area contributed by atoms with E-state index in [-0.39, 0.29) is 18.1 Å². The number of hydrogen-bond acceptors (Lipinski definition) is 5. The van der Waals surface area contributed by atoms with E-state index >= 15 is 0 Å². The van der Waals surface area contributed by atoms with E-state index in [1.807, 2.05) is 24.3 Å². The molecule has 0 saturated carbocycles. The molecule has 1 fully saturated rings. The first kappa shape index (κ1) is 16.7. The average Bonchev–Trinajstić information content (AvgIpc) is 3.15. The minimum absolute atomic E-state index is 0.158. The SMILES string of the molecule is Nc1ccccc1C(=O)NCC1(c2ccc3c(c2)OCO3)CCOCC1. The average molecular weight is 354 g/mol. The maximum absolute atomic E-state index is 12.6. The molecule has 6 heteroatoms. The van der Waals surface area contributed by atoms with Gasteiger partial charge in [-0.3, -0.25) is 4.79 Å². The van der Waals surface area contributed by atoms with Crippen LogP contribution in [0.2, 0.25) is 0 Å². The lowest BCUT2D eigenvalue weighted by atomic mass is 9.74. The lowest BCUT2D eigenvalue weighted by molar-refractivity contribution is 0.0486. The predicted octanol–water partition coefficient (Wildman–Crippen LogP) is 2.48. The molecule has 0 aromatic heterocycles. The highest BCUT2D eigenvalue weighted by Gasteiger charge is 2.36. The number of fused-ring (bicyclic) bond motifs is 1. The summed E-state index contributed by atoms with van der Waals surface area (Å²) in [5.74, 6) is 1.36. The normalized spacial score (nSPS) is 17.7. The van der Waals surface area contributed by atoms with Gasteiger partial charge in [0.05, 0.1) is 5.56 Å². The minimum Gasteiger partial charge on any atom is -0.454 e. The van der Waals surface area contributed by atoms with Crippen molar-refractivity contribution in [3.05, 3.63) is 53.6 Å². The number of anilines is 1. The predicted molar refractivity (Wildman–Crippen MR) is 97.5 cm³/mol. The van der Waals surface area contributed by atoms with Gasteiger partial charge in [-0.2, -0.15) is 0 Å². The van der Waals surface area contributed by atoms with E-state index < -0.39 is 0 Å². The molecule has 2 aromatic rings. The molecule has 1 saturated heterocycles. The van der Waals surface area contributed by atoms with Crippen LogP contribution in [0.25, 0.3) is 0 Å². The smallest absolute Gasteiger partial charge is 0.253 e. The maximum atomic E-state index is 12.6. The molecule has 2 heterocycles. The van der Waals surface area contributed by atoms with Crippen molar-refractivity contribution in [2.45, 2.75) is 18.3 Å². The van der Waals surface area contributed by atoms with Crippen molar-refractivity contribution in [2.75, 3.05) is 32.3 Å². The lowest BCUT2D eigenvalue weighted by Gasteiger charge is -2.38. The van der Waals surface area contributed by atoms with Crippen LogP contribution in [0.15, 0.2) is 42.5 Å². The summed E-state index contributed by atoms with van der Waals surface area (Å²) in [6.45, 7) is 2.09. The third-order valence-corrected chi connectivity index (χ3v) is 5.23. The van der Waals surface area contributed by atoms with Crippen molar-refractivity contribution in [3.8, 4) is 11.5 Å². The Hall–Kier alpha value is -2.73. The van der Waals surface area contributed by atoms with Crippen LogP contribution in [0.5, 0.6) is 11.5 Å². The molecule has 2 aliphatic heterocycles. The number of amides is 1. The van der Waals surface area contributed by atoms with Crippen molar-refractivity contribution >= 4 is 11.6 Å². The molecule has 136 valence electrons. The highest BCUT2D eigenvalue weighted by molar-refractivity contribution is 5.99. The molecule has 0 aliphatic carbocycles. The van der Waals surface area contributed by atoms with Crippen molar-refractivity contribution in [3.63, 3.8) is 0 Å². The van der Waals surface area contributed by atoms with Crippen LogP contribution in [0.1, 0.15) is 28.8 Å². The van der Waals surface area contributed by atoms with Crippen molar-refractivity contribution in [1.29, 1.82) is 0 Å². The summed E-state index contributed by atoms with van der Waals surface area (Å²) in [6, 6.07) is 13.1. The zero-order valence-electron chi connectivity index (χ0n) is 14.5. The second kappa shape index (κ2) is 6.88. The van der Waals surface area contributed by atoms with Gasteiger partial charge in [0, 0.05) is 30.9 Å². The highest BCUT2D eigenvalue weighted by atomic mass is 16.7. The first-order chi connectivity index (χ1) is 12.7. The molecule has 0 radical (unpaired) electrons. The number of benzene rings is 2. The van der Waals surface area contributed by atoms with Crippen molar-refractivity contribution in [1.82, 2.24) is 5.32 Å². The van der Waals surface area contributed by atoms with Gasteiger partial charge >= 0.3 is 0 Å². The van der Waals surface area contributed by atoms with E-state index in [0.717, 1.165) is 29.9 Å². The molecule has 6 nitrogen and oxygen atoms in total. The van der Waals surface area contributed by atoms with Crippen LogP contribution in [0.4, 0.5) is 5.69 Å². The summed E-state index contributed by atoms with van der Waals surface area (Å²) in [5, 5.41) is 3.07. The van der Waals surface area contributed by atoms with E-state index in [9.17, 15) is 4.79 Å². The van der Waals surface area contributed by atoms with Gasteiger partial charge in [-0.05, 0) is 42.7 Å². The largest absolute Gasteiger partial charge is 0.454 e. The maximum Gasteiger partial charge on any atom is 0.253 e. The number of hydrogen-bond donors (Lipinski definition) is 2. The summed E-state index contributed by atoms with van der Waals surface area (Å²) >= 11 is 0. The second-order valence-electron chi connectivity index (χ2n) is 6.73. The van der Waals surface area contributed by atoms with Gasteiger partial charge in [0.2, 0.25) is 6.79 Å².